The fourth-order valence-electron chi connectivity index (χ4n) is 4.03. The summed E-state index contributed by atoms with van der Waals surface area (Å²) in [5.74, 6) is -1.16. The van der Waals surface area contributed by atoms with Gasteiger partial charge in [0.1, 0.15) is 11.7 Å². The fraction of sp³-hybridized carbons (Fsp3) is 0.345. The first-order chi connectivity index (χ1) is 18.4. The van der Waals surface area contributed by atoms with Crippen LogP contribution >= 0.6 is 27.5 Å². The number of aromatic amines is 1. The van der Waals surface area contributed by atoms with Crippen molar-refractivity contribution in [1.82, 2.24) is 9.88 Å². The Labute approximate surface area is 241 Å². The van der Waals surface area contributed by atoms with Crippen LogP contribution in [0.4, 0.5) is 4.79 Å². The molecule has 1 N–H and O–H groups in total. The Morgan fingerprint density at radius 3 is 2.33 bits per heavy atom. The quantitative estimate of drug-likeness (QED) is 0.151. The Balaban J connectivity index is 1.93. The maximum Gasteiger partial charge on any atom is 0.410 e. The van der Waals surface area contributed by atoms with Crippen LogP contribution in [0.15, 0.2) is 65.3 Å². The van der Waals surface area contributed by atoms with Gasteiger partial charge >= 0.3 is 12.1 Å². The van der Waals surface area contributed by atoms with E-state index in [1.807, 2.05) is 48.7 Å². The number of carbonyl (C=O) groups excluding carboxylic acids is 3. The van der Waals surface area contributed by atoms with Gasteiger partial charge in [0.05, 0.1) is 5.69 Å². The molecular formula is C29H32BrClN2O6. The largest absolute Gasteiger partial charge is 0.459 e. The third-order valence-electron chi connectivity index (χ3n) is 5.87. The third-order valence-corrected chi connectivity index (χ3v) is 6.98. The molecule has 0 saturated carbocycles. The van der Waals surface area contributed by atoms with Crippen LogP contribution in [0.25, 0.3) is 11.3 Å². The van der Waals surface area contributed by atoms with Gasteiger partial charge in [-0.3, -0.25) is 4.79 Å². The van der Waals surface area contributed by atoms with Crippen molar-refractivity contribution in [2.75, 3.05) is 13.6 Å². The SMILES string of the molecule is CC(OC(=O)N(C)CC(c1c[nH]c(-c2ccc(Cl)cc2)c1Br)C(OC=O)c1ccccc1)C(=O)OC(C)(C)C. The Kier molecular flexibility index (Phi) is 10.2. The number of hydrogen-bond donors (Lipinski definition) is 1. The topological polar surface area (TPSA) is 97.9 Å². The number of H-pyrrole nitrogens is 1. The van der Waals surface area contributed by atoms with Crippen molar-refractivity contribution in [1.29, 1.82) is 0 Å². The lowest BCUT2D eigenvalue weighted by Crippen LogP contribution is -2.39. The van der Waals surface area contributed by atoms with E-state index in [-0.39, 0.29) is 6.54 Å². The molecule has 1 amide bonds. The summed E-state index contributed by atoms with van der Waals surface area (Å²) in [6, 6.07) is 16.6. The van der Waals surface area contributed by atoms with Crippen LogP contribution in [0.3, 0.4) is 0 Å². The number of amides is 1. The zero-order chi connectivity index (χ0) is 28.7. The highest BCUT2D eigenvalue weighted by molar-refractivity contribution is 9.10. The highest BCUT2D eigenvalue weighted by atomic mass is 79.9. The second kappa shape index (κ2) is 13.2. The molecule has 0 aliphatic rings. The Morgan fingerprint density at radius 2 is 1.74 bits per heavy atom. The molecule has 1 heterocycles. The average Bonchev–Trinajstić information content (AvgIpc) is 3.26. The van der Waals surface area contributed by atoms with E-state index < -0.39 is 35.8 Å². The van der Waals surface area contributed by atoms with Gasteiger partial charge in [0.25, 0.3) is 6.47 Å². The number of rotatable bonds is 10. The van der Waals surface area contributed by atoms with Gasteiger partial charge in [0.15, 0.2) is 6.10 Å². The van der Waals surface area contributed by atoms with Crippen LogP contribution in [0.5, 0.6) is 0 Å². The predicted molar refractivity (Wildman–Crippen MR) is 152 cm³/mol. The summed E-state index contributed by atoms with van der Waals surface area (Å²) in [6.07, 6.45) is -0.747. The summed E-state index contributed by atoms with van der Waals surface area (Å²) < 4.78 is 17.0. The number of nitrogens with zero attached hydrogens (tertiary/aromatic N) is 1. The van der Waals surface area contributed by atoms with Crippen molar-refractivity contribution in [3.63, 3.8) is 0 Å². The Morgan fingerprint density at radius 1 is 1.10 bits per heavy atom. The minimum Gasteiger partial charge on any atom is -0.459 e. The number of aromatic nitrogens is 1. The Bertz CT molecular complexity index is 1270. The molecule has 3 unspecified atom stereocenters. The summed E-state index contributed by atoms with van der Waals surface area (Å²) in [4.78, 5) is 41.6. The van der Waals surface area contributed by atoms with Crippen LogP contribution < -0.4 is 0 Å². The van der Waals surface area contributed by atoms with Gasteiger partial charge in [0, 0.05) is 35.2 Å². The lowest BCUT2D eigenvalue weighted by molar-refractivity contribution is -0.164. The van der Waals surface area contributed by atoms with E-state index >= 15 is 0 Å². The van der Waals surface area contributed by atoms with Crippen LogP contribution in [0.1, 0.15) is 50.8 Å². The zero-order valence-corrected chi connectivity index (χ0v) is 24.8. The minimum atomic E-state index is -1.11. The van der Waals surface area contributed by atoms with Crippen LogP contribution in [-0.4, -0.2) is 53.7 Å². The van der Waals surface area contributed by atoms with Gasteiger partial charge in [-0.2, -0.15) is 0 Å². The number of nitrogens with one attached hydrogen (secondary N) is 1. The van der Waals surface area contributed by atoms with Gasteiger partial charge in [-0.05, 0) is 72.4 Å². The smallest absolute Gasteiger partial charge is 0.410 e. The highest BCUT2D eigenvalue weighted by Gasteiger charge is 2.33. The molecule has 10 heteroatoms. The van der Waals surface area contributed by atoms with Crippen molar-refractivity contribution in [2.24, 2.45) is 0 Å². The molecular weight excluding hydrogens is 588 g/mol. The van der Waals surface area contributed by atoms with E-state index in [4.69, 9.17) is 25.8 Å². The average molecular weight is 620 g/mol. The second-order valence-electron chi connectivity index (χ2n) is 10.0. The second-order valence-corrected chi connectivity index (χ2v) is 11.3. The number of esters is 1. The molecule has 0 aliphatic heterocycles. The van der Waals surface area contributed by atoms with Crippen LogP contribution in [-0.2, 0) is 23.8 Å². The van der Waals surface area contributed by atoms with E-state index in [0.29, 0.717) is 11.5 Å². The monoisotopic (exact) mass is 618 g/mol. The molecule has 2 aromatic carbocycles. The molecule has 0 bridgehead atoms. The van der Waals surface area contributed by atoms with E-state index in [9.17, 15) is 14.4 Å². The van der Waals surface area contributed by atoms with E-state index in [1.54, 1.807) is 40.0 Å². The molecule has 3 atom stereocenters. The Hall–Kier alpha value is -3.30. The number of carbonyl (C=O) groups is 3. The predicted octanol–water partition coefficient (Wildman–Crippen LogP) is 6.89. The minimum absolute atomic E-state index is 0.101. The number of ether oxygens (including phenoxy) is 3. The van der Waals surface area contributed by atoms with E-state index in [0.717, 1.165) is 26.9 Å². The van der Waals surface area contributed by atoms with Crippen LogP contribution in [0.2, 0.25) is 5.02 Å². The molecule has 0 spiro atoms. The fourth-order valence-corrected chi connectivity index (χ4v) is 4.90. The van der Waals surface area contributed by atoms with Gasteiger partial charge in [-0.15, -0.1) is 0 Å². The summed E-state index contributed by atoms with van der Waals surface area (Å²) in [5, 5.41) is 0.615. The summed E-state index contributed by atoms with van der Waals surface area (Å²) >= 11 is 9.77. The lowest BCUT2D eigenvalue weighted by Gasteiger charge is -2.30. The number of likely N-dealkylation sites (N-methyl/N-ethyl adjacent to an activating group) is 1. The number of hydrogen-bond acceptors (Lipinski definition) is 6. The molecule has 3 aromatic rings. The first kappa shape index (κ1) is 30.2. The molecule has 208 valence electrons. The van der Waals surface area contributed by atoms with Crippen molar-refractivity contribution in [3.05, 3.63) is 81.4 Å². The highest BCUT2D eigenvalue weighted by Crippen LogP contribution is 2.41. The molecule has 0 radical (unpaired) electrons. The normalized spacial score (nSPS) is 13.6. The summed E-state index contributed by atoms with van der Waals surface area (Å²) in [6.45, 7) is 7.17. The molecule has 1 aromatic heterocycles. The first-order valence-electron chi connectivity index (χ1n) is 12.3. The molecule has 0 saturated heterocycles. The van der Waals surface area contributed by atoms with Crippen molar-refractivity contribution in [3.8, 4) is 11.3 Å². The first-order valence-corrected chi connectivity index (χ1v) is 13.5. The maximum atomic E-state index is 13.0. The van der Waals surface area contributed by atoms with Crippen molar-refractivity contribution < 1.29 is 28.6 Å². The van der Waals surface area contributed by atoms with Crippen LogP contribution in [0, 0.1) is 0 Å². The number of benzene rings is 2. The lowest BCUT2D eigenvalue weighted by atomic mass is 9.89. The zero-order valence-electron chi connectivity index (χ0n) is 22.4. The summed E-state index contributed by atoms with van der Waals surface area (Å²) in [7, 11) is 1.56. The molecule has 3 rings (SSSR count). The van der Waals surface area contributed by atoms with E-state index in [2.05, 4.69) is 20.9 Å². The van der Waals surface area contributed by atoms with Gasteiger partial charge < -0.3 is 24.1 Å². The van der Waals surface area contributed by atoms with Gasteiger partial charge in [-0.1, -0.05) is 54.1 Å². The van der Waals surface area contributed by atoms with Gasteiger partial charge in [0.2, 0.25) is 0 Å². The standard InChI is InChI=1S/C29H32BrClN2O6/c1-18(27(35)39-29(2,3)4)38-28(36)33(5)16-23(26(37-17-34)20-9-7-6-8-10-20)22-15-32-25(24(22)30)19-11-13-21(31)14-12-19/h6-15,17-18,23,26,32H,16H2,1-5H3. The third kappa shape index (κ3) is 8.10. The summed E-state index contributed by atoms with van der Waals surface area (Å²) in [5.41, 5.74) is 2.50. The van der Waals surface area contributed by atoms with Crippen molar-refractivity contribution in [2.45, 2.75) is 51.4 Å². The maximum absolute atomic E-state index is 13.0. The molecule has 0 fully saturated rings. The van der Waals surface area contributed by atoms with Crippen molar-refractivity contribution >= 4 is 46.1 Å². The van der Waals surface area contributed by atoms with Gasteiger partial charge in [-0.25, -0.2) is 9.59 Å². The molecule has 8 nitrogen and oxygen atoms in total. The molecule has 0 aliphatic carbocycles. The molecule has 39 heavy (non-hydrogen) atoms. The van der Waals surface area contributed by atoms with E-state index in [1.165, 1.54) is 11.8 Å². The number of halogens is 2.